The molecule has 0 saturated carbocycles. The monoisotopic (exact) mass is 367 g/mol. The number of carbonyl (C=O) groups is 1. The molecule has 0 spiro atoms. The lowest BCUT2D eigenvalue weighted by molar-refractivity contribution is 0.262. The lowest BCUT2D eigenvalue weighted by Gasteiger charge is -2.10. The van der Waals surface area contributed by atoms with Crippen LogP contribution in [0.2, 0.25) is 0 Å². The highest BCUT2D eigenvalue weighted by Gasteiger charge is 2.04. The molecule has 5 nitrogen and oxygen atoms in total. The first kappa shape index (κ1) is 18.6. The van der Waals surface area contributed by atoms with Crippen LogP contribution in [0, 0.1) is 23.7 Å². The second-order valence-electron chi connectivity index (χ2n) is 5.91. The van der Waals surface area contributed by atoms with Crippen LogP contribution < -0.4 is 15.4 Å². The van der Waals surface area contributed by atoms with Gasteiger partial charge in [0.15, 0.2) is 0 Å². The SMILES string of the molecule is C#Cc1cccc(NC(=O)Nc2ccc(Oc3ccc(CC#N)cc3)cc2)c1. The number of nitrogens with zero attached hydrogens (tertiary/aromatic N) is 1. The van der Waals surface area contributed by atoms with Crippen molar-refractivity contribution in [1.29, 1.82) is 5.26 Å². The van der Waals surface area contributed by atoms with Gasteiger partial charge in [-0.1, -0.05) is 24.1 Å². The van der Waals surface area contributed by atoms with Gasteiger partial charge in [-0.2, -0.15) is 5.26 Å². The lowest BCUT2D eigenvalue weighted by atomic mass is 10.2. The summed E-state index contributed by atoms with van der Waals surface area (Å²) in [6, 6.07) is 23.2. The highest BCUT2D eigenvalue weighted by molar-refractivity contribution is 5.99. The predicted molar refractivity (Wildman–Crippen MR) is 109 cm³/mol. The van der Waals surface area contributed by atoms with Crippen LogP contribution in [0.1, 0.15) is 11.1 Å². The minimum atomic E-state index is -0.365. The van der Waals surface area contributed by atoms with Crippen molar-refractivity contribution in [2.24, 2.45) is 0 Å². The fourth-order valence-electron chi connectivity index (χ4n) is 2.49. The molecule has 3 aromatic carbocycles. The third kappa shape index (κ3) is 5.14. The zero-order valence-electron chi connectivity index (χ0n) is 15.0. The van der Waals surface area contributed by atoms with Gasteiger partial charge in [0, 0.05) is 16.9 Å². The Kier molecular flexibility index (Phi) is 5.92. The van der Waals surface area contributed by atoms with Crippen molar-refractivity contribution in [3.05, 3.63) is 83.9 Å². The second-order valence-corrected chi connectivity index (χ2v) is 5.91. The molecule has 0 aliphatic heterocycles. The lowest BCUT2D eigenvalue weighted by Crippen LogP contribution is -2.19. The Morgan fingerprint density at radius 2 is 1.57 bits per heavy atom. The van der Waals surface area contributed by atoms with Crippen LogP contribution in [0.15, 0.2) is 72.8 Å². The number of rotatable bonds is 5. The highest BCUT2D eigenvalue weighted by atomic mass is 16.5. The van der Waals surface area contributed by atoms with Crippen molar-refractivity contribution in [3.63, 3.8) is 0 Å². The molecule has 0 fully saturated rings. The molecule has 0 heterocycles. The van der Waals surface area contributed by atoms with Gasteiger partial charge in [0.05, 0.1) is 12.5 Å². The van der Waals surface area contributed by atoms with E-state index in [0.29, 0.717) is 34.9 Å². The van der Waals surface area contributed by atoms with Gasteiger partial charge >= 0.3 is 6.03 Å². The molecule has 0 bridgehead atoms. The van der Waals surface area contributed by atoms with Crippen molar-refractivity contribution >= 4 is 17.4 Å². The van der Waals surface area contributed by atoms with E-state index in [4.69, 9.17) is 16.4 Å². The number of hydrogen-bond donors (Lipinski definition) is 2. The summed E-state index contributed by atoms with van der Waals surface area (Å²) in [5, 5.41) is 14.2. The summed E-state index contributed by atoms with van der Waals surface area (Å²) < 4.78 is 5.76. The molecule has 0 aromatic heterocycles. The molecule has 0 unspecified atom stereocenters. The van der Waals surface area contributed by atoms with Crippen LogP contribution in [0.5, 0.6) is 11.5 Å². The van der Waals surface area contributed by atoms with Gasteiger partial charge in [0.25, 0.3) is 0 Å². The maximum atomic E-state index is 12.1. The number of anilines is 2. The van der Waals surface area contributed by atoms with Gasteiger partial charge in [-0.25, -0.2) is 4.79 Å². The number of ether oxygens (including phenoxy) is 1. The van der Waals surface area contributed by atoms with E-state index >= 15 is 0 Å². The molecule has 3 rings (SSSR count). The van der Waals surface area contributed by atoms with E-state index in [-0.39, 0.29) is 6.03 Å². The van der Waals surface area contributed by atoms with E-state index in [9.17, 15) is 4.79 Å². The fraction of sp³-hybridized carbons (Fsp3) is 0.0435. The number of benzene rings is 3. The first-order valence-electron chi connectivity index (χ1n) is 8.55. The van der Waals surface area contributed by atoms with E-state index in [1.807, 2.05) is 24.3 Å². The Balaban J connectivity index is 1.57. The average Bonchev–Trinajstić information content (AvgIpc) is 2.71. The standard InChI is InChI=1S/C23H17N3O2/c1-2-17-4-3-5-20(16-17)26-23(27)25-19-8-12-22(13-9-19)28-21-10-6-18(7-11-21)14-15-24/h1,3-13,16H,14H2,(H2,25,26,27). The van der Waals surface area contributed by atoms with Crippen molar-refractivity contribution in [3.8, 4) is 29.9 Å². The number of amides is 2. The van der Waals surface area contributed by atoms with Crippen LogP contribution in [0.25, 0.3) is 0 Å². The molecule has 0 atom stereocenters. The predicted octanol–water partition coefficient (Wildman–Crippen LogP) is 5.17. The number of terminal acetylenes is 1. The van der Waals surface area contributed by atoms with Crippen LogP contribution in [0.3, 0.4) is 0 Å². The van der Waals surface area contributed by atoms with E-state index in [2.05, 4.69) is 22.6 Å². The van der Waals surface area contributed by atoms with Crippen molar-refractivity contribution < 1.29 is 9.53 Å². The fourth-order valence-corrected chi connectivity index (χ4v) is 2.49. The molecule has 136 valence electrons. The number of carbonyl (C=O) groups excluding carboxylic acids is 1. The molecule has 2 N–H and O–H groups in total. The smallest absolute Gasteiger partial charge is 0.323 e. The molecule has 3 aromatic rings. The van der Waals surface area contributed by atoms with E-state index < -0.39 is 0 Å². The topological polar surface area (TPSA) is 74.2 Å². The highest BCUT2D eigenvalue weighted by Crippen LogP contribution is 2.23. The molecule has 0 radical (unpaired) electrons. The van der Waals surface area contributed by atoms with E-state index in [0.717, 1.165) is 5.56 Å². The number of hydrogen-bond acceptors (Lipinski definition) is 3. The van der Waals surface area contributed by atoms with Crippen LogP contribution in [0.4, 0.5) is 16.2 Å². The Bertz CT molecular complexity index is 1040. The van der Waals surface area contributed by atoms with Gasteiger partial charge < -0.3 is 15.4 Å². The maximum Gasteiger partial charge on any atom is 0.323 e. The number of nitrogens with one attached hydrogen (secondary N) is 2. The zero-order valence-corrected chi connectivity index (χ0v) is 15.0. The van der Waals surface area contributed by atoms with Crippen LogP contribution in [-0.2, 0) is 6.42 Å². The maximum absolute atomic E-state index is 12.1. The summed E-state index contributed by atoms with van der Waals surface area (Å²) in [6.07, 6.45) is 5.73. The summed E-state index contributed by atoms with van der Waals surface area (Å²) in [7, 11) is 0. The number of nitriles is 1. The Labute approximate surface area is 163 Å². The van der Waals surface area contributed by atoms with Gasteiger partial charge in [-0.15, -0.1) is 6.42 Å². The summed E-state index contributed by atoms with van der Waals surface area (Å²) in [6.45, 7) is 0. The van der Waals surface area contributed by atoms with Gasteiger partial charge in [-0.05, 0) is 60.2 Å². The Hall–Kier alpha value is -4.22. The normalized spacial score (nSPS) is 9.64. The van der Waals surface area contributed by atoms with Crippen LogP contribution >= 0.6 is 0 Å². The molecule has 2 amide bonds. The van der Waals surface area contributed by atoms with Crippen molar-refractivity contribution in [1.82, 2.24) is 0 Å². The Morgan fingerprint density at radius 3 is 2.21 bits per heavy atom. The molecule has 0 aliphatic carbocycles. The summed E-state index contributed by atoms with van der Waals surface area (Å²) in [5.41, 5.74) is 2.88. The summed E-state index contributed by atoms with van der Waals surface area (Å²) in [4.78, 5) is 12.1. The van der Waals surface area contributed by atoms with Crippen molar-refractivity contribution in [2.45, 2.75) is 6.42 Å². The summed E-state index contributed by atoms with van der Waals surface area (Å²) in [5.74, 6) is 3.84. The molecule has 5 heteroatoms. The second kappa shape index (κ2) is 8.93. The number of urea groups is 1. The minimum absolute atomic E-state index is 0.365. The molecule has 0 saturated heterocycles. The van der Waals surface area contributed by atoms with Crippen molar-refractivity contribution in [2.75, 3.05) is 10.6 Å². The molecular weight excluding hydrogens is 350 g/mol. The summed E-state index contributed by atoms with van der Waals surface area (Å²) >= 11 is 0. The third-order valence-electron chi connectivity index (χ3n) is 3.84. The first-order valence-corrected chi connectivity index (χ1v) is 8.55. The quantitative estimate of drug-likeness (QED) is 0.611. The molecule has 28 heavy (non-hydrogen) atoms. The van der Waals surface area contributed by atoms with Gasteiger partial charge in [0.1, 0.15) is 11.5 Å². The third-order valence-corrected chi connectivity index (χ3v) is 3.84. The van der Waals surface area contributed by atoms with Gasteiger partial charge in [0.2, 0.25) is 0 Å². The van der Waals surface area contributed by atoms with E-state index in [1.54, 1.807) is 48.5 Å². The molecule has 0 aliphatic rings. The minimum Gasteiger partial charge on any atom is -0.457 e. The molecular formula is C23H17N3O2. The largest absolute Gasteiger partial charge is 0.457 e. The van der Waals surface area contributed by atoms with E-state index in [1.165, 1.54) is 0 Å². The van der Waals surface area contributed by atoms with Crippen LogP contribution in [-0.4, -0.2) is 6.03 Å². The Morgan fingerprint density at radius 1 is 0.929 bits per heavy atom. The average molecular weight is 367 g/mol. The zero-order chi connectivity index (χ0) is 19.8. The van der Waals surface area contributed by atoms with Gasteiger partial charge in [-0.3, -0.25) is 0 Å². The first-order chi connectivity index (χ1) is 13.7.